The standard InChI is InChI=1S/C17H2F25NO5Se/c18-2-1(3(19)5(21)6(44)4(2)20)8(22,23)9(24,7(45)49(46,47)48)43(42)17(40,41)15(35,36)13(31,32)11(27,28)10(25,26)12(29,30)14(33,34)16(37,38)39/h44H,(H,46,47,48)/t9-/m1/s1. The molecule has 0 saturated heterocycles. The molecule has 0 radical (unpaired) electrons. The summed E-state index contributed by atoms with van der Waals surface area (Å²) < 4.78 is 368. The summed E-state index contributed by atoms with van der Waals surface area (Å²) in [6, 6.07) is -9.31. The molecule has 1 aromatic carbocycles. The van der Waals surface area contributed by atoms with E-state index in [0.29, 0.717) is 0 Å². The summed E-state index contributed by atoms with van der Waals surface area (Å²) in [6.07, 6.45) is -8.25. The van der Waals surface area contributed by atoms with Gasteiger partial charge in [0, 0.05) is 0 Å². The van der Waals surface area contributed by atoms with E-state index in [1.54, 1.807) is 0 Å². The molecule has 286 valence electrons. The molecule has 0 saturated carbocycles. The van der Waals surface area contributed by atoms with Gasteiger partial charge in [-0.05, 0) is 0 Å². The fourth-order valence-electron chi connectivity index (χ4n) is 3.04. The first-order chi connectivity index (χ1) is 21.0. The molecule has 0 spiro atoms. The summed E-state index contributed by atoms with van der Waals surface area (Å²) in [7, 11) is 0. The first kappa shape index (κ1) is 44.0. The second kappa shape index (κ2) is 11.5. The van der Waals surface area contributed by atoms with Crippen LogP contribution in [0, 0.1) is 23.3 Å². The number of halogens is 25. The first-order valence-electron chi connectivity index (χ1n) is 10.3. The third-order valence-electron chi connectivity index (χ3n) is 5.70. The Balaban J connectivity index is 4.29. The number of carbonyl (C=O) groups excluding carboxylic acids is 1. The van der Waals surface area contributed by atoms with Crippen molar-refractivity contribution in [2.45, 2.75) is 59.5 Å². The van der Waals surface area contributed by atoms with E-state index in [0.717, 1.165) is 0 Å². The molecule has 0 heterocycles. The summed E-state index contributed by atoms with van der Waals surface area (Å²) >= 11 is -8.89. The summed E-state index contributed by atoms with van der Waals surface area (Å²) in [5.41, 5.74) is -4.56. The molecule has 6 nitrogen and oxygen atoms in total. The molecule has 32 heteroatoms. The van der Waals surface area contributed by atoms with Crippen LogP contribution in [0.15, 0.2) is 0 Å². The fourth-order valence-corrected chi connectivity index (χ4v) is 4.19. The number of aromatic hydroxyl groups is 1. The molecular weight excluding hydrogens is 852 g/mol. The van der Waals surface area contributed by atoms with Crippen molar-refractivity contribution in [3.05, 3.63) is 28.8 Å². The molecule has 0 aliphatic heterocycles. The van der Waals surface area contributed by atoms with E-state index in [9.17, 15) is 118 Å². The van der Waals surface area contributed by atoms with E-state index < -0.39 is 117 Å². The van der Waals surface area contributed by atoms with Gasteiger partial charge in [0.15, 0.2) is 0 Å². The molecule has 1 rings (SSSR count). The zero-order valence-electron chi connectivity index (χ0n) is 20.9. The molecule has 1 atom stereocenters. The van der Waals surface area contributed by atoms with Crippen molar-refractivity contribution in [2.75, 3.05) is 0 Å². The summed E-state index contributed by atoms with van der Waals surface area (Å²) in [4.78, 5) is 11.6. The summed E-state index contributed by atoms with van der Waals surface area (Å²) in [5.74, 6) is -91.8. The van der Waals surface area contributed by atoms with Gasteiger partial charge in [0.25, 0.3) is 0 Å². The number of phenolic OH excluding ortho intramolecular Hbond substituents is 1. The van der Waals surface area contributed by atoms with Crippen LogP contribution in [0.3, 0.4) is 0 Å². The molecule has 1 aromatic rings. The van der Waals surface area contributed by atoms with Crippen molar-refractivity contribution < 1.29 is 132 Å². The van der Waals surface area contributed by atoms with E-state index in [2.05, 4.69) is 0 Å². The minimum absolute atomic E-state index is 3.14. The Morgan fingerprint density at radius 1 is 0.531 bits per heavy atom. The molecule has 0 aliphatic rings. The van der Waals surface area contributed by atoms with E-state index in [1.165, 1.54) is 0 Å². The SMILES string of the molecule is O=C([C@@](F)(N(F)C(F)(F)C(F)(F)C(F)(F)C(F)(F)C(F)(F)C(F)(F)C(F)(F)C(F)(F)F)C(F)(F)c1c(F)c(F)c(O)c(F)c1F)[Se](=O)(=O)O. The van der Waals surface area contributed by atoms with Crippen LogP contribution in [-0.4, -0.2) is 85.7 Å². The predicted octanol–water partition coefficient (Wildman–Crippen LogP) is 6.76. The maximum atomic E-state index is 15.2. The van der Waals surface area contributed by atoms with Crippen LogP contribution in [-0.2, 0) is 18.4 Å². The fraction of sp³-hybridized carbons (Fsp3) is 0.588. The third kappa shape index (κ3) is 5.49. The molecule has 0 fully saturated rings. The zero-order chi connectivity index (χ0) is 40.1. The molecule has 0 amide bonds. The molecular formula is C17H2F25NO5Se. The molecule has 2 N–H and O–H groups in total. The van der Waals surface area contributed by atoms with Crippen LogP contribution in [0.2, 0.25) is 0 Å². The number of benzene rings is 1. The Hall–Kier alpha value is -3.02. The van der Waals surface area contributed by atoms with Crippen LogP contribution in [0.4, 0.5) is 110 Å². The summed E-state index contributed by atoms with van der Waals surface area (Å²) in [6.45, 7) is 0. The van der Waals surface area contributed by atoms with Crippen molar-refractivity contribution in [1.29, 1.82) is 0 Å². The average molecular weight is 854 g/mol. The van der Waals surface area contributed by atoms with Gasteiger partial charge in [-0.2, -0.15) is 0 Å². The zero-order valence-corrected chi connectivity index (χ0v) is 22.6. The van der Waals surface area contributed by atoms with Gasteiger partial charge in [0.1, 0.15) is 0 Å². The average Bonchev–Trinajstić information content (AvgIpc) is 2.91. The summed E-state index contributed by atoms with van der Waals surface area (Å²) in [5, 5.41) is 3.46. The van der Waals surface area contributed by atoms with Gasteiger partial charge in [0.05, 0.1) is 0 Å². The Morgan fingerprint density at radius 3 is 1.10 bits per heavy atom. The monoisotopic (exact) mass is 855 g/mol. The van der Waals surface area contributed by atoms with Crippen LogP contribution in [0.25, 0.3) is 0 Å². The second-order valence-electron chi connectivity index (χ2n) is 8.70. The van der Waals surface area contributed by atoms with E-state index in [-0.39, 0.29) is 0 Å². The number of phenols is 1. The Morgan fingerprint density at radius 2 is 0.816 bits per heavy atom. The number of alkyl halides is 20. The van der Waals surface area contributed by atoms with Crippen molar-refractivity contribution in [3.63, 3.8) is 0 Å². The maximum absolute atomic E-state index is 15.2. The number of carbonyl (C=O) groups is 1. The predicted molar refractivity (Wildman–Crippen MR) is 93.7 cm³/mol. The molecule has 0 bridgehead atoms. The molecule has 0 aromatic heterocycles. The molecule has 0 aliphatic carbocycles. The molecule has 0 unspecified atom stereocenters. The van der Waals surface area contributed by atoms with Gasteiger partial charge in [-0.1, -0.05) is 0 Å². The number of hydrogen-bond acceptors (Lipinski definition) is 5. The third-order valence-corrected chi connectivity index (χ3v) is 7.25. The first-order valence-corrected chi connectivity index (χ1v) is 13.3. The quantitative estimate of drug-likeness (QED) is 0.0795. The number of rotatable bonds is 12. The van der Waals surface area contributed by atoms with Crippen molar-refractivity contribution >= 4 is 17.7 Å². The van der Waals surface area contributed by atoms with Gasteiger partial charge < -0.3 is 0 Å². The van der Waals surface area contributed by atoms with E-state index in [4.69, 9.17) is 9.30 Å². The van der Waals surface area contributed by atoms with Gasteiger partial charge in [-0.25, -0.2) is 0 Å². The van der Waals surface area contributed by atoms with Gasteiger partial charge >= 0.3 is 249 Å². The Labute approximate surface area is 249 Å². The van der Waals surface area contributed by atoms with Crippen LogP contribution < -0.4 is 0 Å². The van der Waals surface area contributed by atoms with Gasteiger partial charge in [-0.3, -0.25) is 0 Å². The van der Waals surface area contributed by atoms with Crippen molar-refractivity contribution in [2.24, 2.45) is 0 Å². The normalized spacial score (nSPS) is 16.6. The topological polar surface area (TPSA) is 94.9 Å². The Kier molecular flexibility index (Phi) is 10.3. The van der Waals surface area contributed by atoms with Crippen LogP contribution in [0.1, 0.15) is 5.56 Å². The van der Waals surface area contributed by atoms with Gasteiger partial charge in [-0.15, -0.1) is 0 Å². The second-order valence-corrected chi connectivity index (χ2v) is 11.5. The number of hydrogen-bond donors (Lipinski definition) is 2. The van der Waals surface area contributed by atoms with E-state index in [1.807, 2.05) is 0 Å². The Bertz CT molecular complexity index is 1570. The van der Waals surface area contributed by atoms with Crippen LogP contribution in [0.5, 0.6) is 5.75 Å². The van der Waals surface area contributed by atoms with Crippen LogP contribution >= 0.6 is 0 Å². The van der Waals surface area contributed by atoms with Crippen molar-refractivity contribution in [3.8, 4) is 5.75 Å². The number of nitrogens with zero attached hydrogens (tertiary/aromatic N) is 1. The van der Waals surface area contributed by atoms with Crippen molar-refractivity contribution in [1.82, 2.24) is 5.12 Å². The minimum atomic E-state index is -9.67. The van der Waals surface area contributed by atoms with Gasteiger partial charge in [0.2, 0.25) is 0 Å². The molecule has 49 heavy (non-hydrogen) atoms. The van der Waals surface area contributed by atoms with E-state index >= 15 is 4.39 Å².